The van der Waals surface area contributed by atoms with Gasteiger partial charge in [-0.05, 0) is 12.8 Å². The van der Waals surface area contributed by atoms with E-state index < -0.39 is 0 Å². The summed E-state index contributed by atoms with van der Waals surface area (Å²) >= 11 is 0. The summed E-state index contributed by atoms with van der Waals surface area (Å²) < 4.78 is 11.3. The first-order chi connectivity index (χ1) is 11.3. The van der Waals surface area contributed by atoms with E-state index in [0.29, 0.717) is 38.9 Å². The summed E-state index contributed by atoms with van der Waals surface area (Å²) in [4.78, 5) is 10.5. The summed E-state index contributed by atoms with van der Waals surface area (Å²) in [5, 5.41) is 0. The van der Waals surface area contributed by atoms with Crippen molar-refractivity contribution in [3.05, 3.63) is 0 Å². The molecule has 0 saturated carbocycles. The van der Waals surface area contributed by atoms with Crippen LogP contribution in [0, 0.1) is 23.7 Å². The van der Waals surface area contributed by atoms with Crippen molar-refractivity contribution >= 4 is 6.29 Å². The molecule has 0 bridgehead atoms. The fraction of sp³-hybridized carbons (Fsp3) is 0.750. The summed E-state index contributed by atoms with van der Waals surface area (Å²) in [5.74, 6) is 12.5. The Morgan fingerprint density at radius 2 is 1.30 bits per heavy atom. The second-order valence-electron chi connectivity index (χ2n) is 5.33. The van der Waals surface area contributed by atoms with E-state index in [4.69, 9.17) is 9.47 Å². The number of aldehydes is 1. The zero-order valence-corrected chi connectivity index (χ0v) is 14.9. The highest BCUT2D eigenvalue weighted by Crippen LogP contribution is 2.05. The Morgan fingerprint density at radius 1 is 0.826 bits per heavy atom. The van der Waals surface area contributed by atoms with Gasteiger partial charge in [0.2, 0.25) is 0 Å². The third-order valence-corrected chi connectivity index (χ3v) is 3.14. The van der Waals surface area contributed by atoms with E-state index in [0.717, 1.165) is 32.0 Å². The molecule has 0 saturated heterocycles. The van der Waals surface area contributed by atoms with Crippen molar-refractivity contribution in [2.75, 3.05) is 13.2 Å². The molecule has 0 aromatic heterocycles. The van der Waals surface area contributed by atoms with Gasteiger partial charge in [-0.2, -0.15) is 0 Å². The molecule has 0 unspecified atom stereocenters. The van der Waals surface area contributed by atoms with Gasteiger partial charge in [0.15, 0.2) is 6.29 Å². The maximum absolute atomic E-state index is 10.5. The first-order valence-electron chi connectivity index (χ1n) is 8.93. The van der Waals surface area contributed by atoms with Crippen LogP contribution in [0.4, 0.5) is 0 Å². The maximum Gasteiger partial charge on any atom is 0.158 e. The molecule has 0 aliphatic rings. The Morgan fingerprint density at radius 3 is 1.74 bits per heavy atom. The fourth-order valence-corrected chi connectivity index (χ4v) is 1.79. The number of rotatable bonds is 13. The molecule has 0 aromatic carbocycles. The molecule has 0 N–H and O–H groups in total. The lowest BCUT2D eigenvalue weighted by molar-refractivity contribution is -0.145. The molecule has 3 heteroatoms. The number of ether oxygens (including phenoxy) is 2. The molecule has 0 heterocycles. The van der Waals surface area contributed by atoms with Gasteiger partial charge >= 0.3 is 0 Å². The van der Waals surface area contributed by atoms with Crippen molar-refractivity contribution < 1.29 is 14.3 Å². The van der Waals surface area contributed by atoms with E-state index in [9.17, 15) is 4.79 Å². The zero-order valence-electron chi connectivity index (χ0n) is 14.9. The number of unbranched alkanes of at least 4 members (excludes halogenated alkanes) is 4. The van der Waals surface area contributed by atoms with E-state index in [1.807, 2.05) is 0 Å². The quantitative estimate of drug-likeness (QED) is 0.217. The smallest absolute Gasteiger partial charge is 0.158 e. The first kappa shape index (κ1) is 21.7. The molecule has 0 aromatic rings. The fourth-order valence-electron chi connectivity index (χ4n) is 1.79. The van der Waals surface area contributed by atoms with Crippen molar-refractivity contribution in [3.8, 4) is 23.7 Å². The van der Waals surface area contributed by atoms with Crippen LogP contribution in [0.1, 0.15) is 78.1 Å². The Labute approximate surface area is 142 Å². The molecule has 0 radical (unpaired) electrons. The molecule has 0 amide bonds. The van der Waals surface area contributed by atoms with Crippen LogP contribution in [0.3, 0.4) is 0 Å². The van der Waals surface area contributed by atoms with Gasteiger partial charge in [-0.15, -0.1) is 23.7 Å². The predicted molar refractivity (Wildman–Crippen MR) is 94.8 cm³/mol. The molecule has 0 aliphatic carbocycles. The van der Waals surface area contributed by atoms with Crippen LogP contribution < -0.4 is 0 Å². The number of hydrogen-bond acceptors (Lipinski definition) is 3. The van der Waals surface area contributed by atoms with Gasteiger partial charge in [-0.3, -0.25) is 0 Å². The molecule has 130 valence electrons. The molecule has 0 fully saturated rings. The molecule has 0 aliphatic heterocycles. The lowest BCUT2D eigenvalue weighted by atomic mass is 10.2. The second-order valence-corrected chi connectivity index (χ2v) is 5.33. The van der Waals surface area contributed by atoms with Gasteiger partial charge in [0.05, 0.1) is 13.2 Å². The minimum atomic E-state index is -0.324. The Balaban J connectivity index is 3.84. The van der Waals surface area contributed by atoms with Crippen LogP contribution in [-0.2, 0) is 14.3 Å². The van der Waals surface area contributed by atoms with Crippen LogP contribution in [-0.4, -0.2) is 25.8 Å². The Kier molecular flexibility index (Phi) is 17.7. The van der Waals surface area contributed by atoms with Gasteiger partial charge in [0.1, 0.15) is 6.29 Å². The van der Waals surface area contributed by atoms with Crippen LogP contribution >= 0.6 is 0 Å². The van der Waals surface area contributed by atoms with Gasteiger partial charge in [-0.1, -0.05) is 26.7 Å². The first-order valence-corrected chi connectivity index (χ1v) is 8.93. The topological polar surface area (TPSA) is 35.5 Å². The summed E-state index contributed by atoms with van der Waals surface area (Å²) in [6.07, 6.45) is 9.60. The third kappa shape index (κ3) is 16.9. The summed E-state index contributed by atoms with van der Waals surface area (Å²) in [6, 6.07) is 0. The standard InChI is InChI=1S/C20H32O3/c1-3-5-7-9-11-13-18-22-20(16-15-17-21)23-19-14-12-10-8-6-4-2/h17,20H,3-8,13-16,18-19H2,1-2H3. The van der Waals surface area contributed by atoms with Crippen molar-refractivity contribution in [2.45, 2.75) is 84.3 Å². The third-order valence-electron chi connectivity index (χ3n) is 3.14. The lowest BCUT2D eigenvalue weighted by Gasteiger charge is -2.16. The lowest BCUT2D eigenvalue weighted by Crippen LogP contribution is -2.18. The van der Waals surface area contributed by atoms with Crippen molar-refractivity contribution in [1.82, 2.24) is 0 Å². The minimum absolute atomic E-state index is 0.324. The van der Waals surface area contributed by atoms with Gasteiger partial charge in [0.25, 0.3) is 0 Å². The van der Waals surface area contributed by atoms with Crippen LogP contribution in [0.5, 0.6) is 0 Å². The Hall–Kier alpha value is -1.29. The highest BCUT2D eigenvalue weighted by atomic mass is 16.7. The van der Waals surface area contributed by atoms with Gasteiger partial charge in [-0.25, -0.2) is 0 Å². The molecule has 0 atom stereocenters. The highest BCUT2D eigenvalue weighted by molar-refractivity contribution is 5.49. The number of hydrogen-bond donors (Lipinski definition) is 0. The molecule has 23 heavy (non-hydrogen) atoms. The average Bonchev–Trinajstić information content (AvgIpc) is 2.57. The van der Waals surface area contributed by atoms with Gasteiger partial charge < -0.3 is 14.3 Å². The predicted octanol–water partition coefficient (Wildman–Crippen LogP) is 4.49. The molecule has 0 rings (SSSR count). The van der Waals surface area contributed by atoms with Crippen molar-refractivity contribution in [3.63, 3.8) is 0 Å². The number of carbonyl (C=O) groups is 1. The largest absolute Gasteiger partial charge is 0.352 e. The van der Waals surface area contributed by atoms with E-state index in [1.54, 1.807) is 0 Å². The summed E-state index contributed by atoms with van der Waals surface area (Å²) in [7, 11) is 0. The highest BCUT2D eigenvalue weighted by Gasteiger charge is 2.08. The van der Waals surface area contributed by atoms with Crippen LogP contribution in [0.2, 0.25) is 0 Å². The molecule has 0 spiro atoms. The normalized spacial score (nSPS) is 9.87. The van der Waals surface area contributed by atoms with Crippen LogP contribution in [0.15, 0.2) is 0 Å². The minimum Gasteiger partial charge on any atom is -0.352 e. The zero-order chi connectivity index (χ0) is 17.0. The van der Waals surface area contributed by atoms with Crippen molar-refractivity contribution in [2.24, 2.45) is 0 Å². The summed E-state index contributed by atoms with van der Waals surface area (Å²) in [6.45, 7) is 5.41. The molecular formula is C20H32O3. The van der Waals surface area contributed by atoms with Crippen molar-refractivity contribution in [1.29, 1.82) is 0 Å². The van der Waals surface area contributed by atoms with Gasteiger partial charge in [0, 0.05) is 38.5 Å². The SMILES string of the molecule is CCCCC#CCCOC(CCC=O)OCCC#CCCCC. The van der Waals surface area contributed by atoms with E-state index in [-0.39, 0.29) is 6.29 Å². The van der Waals surface area contributed by atoms with Crippen LogP contribution in [0.25, 0.3) is 0 Å². The molecule has 3 nitrogen and oxygen atoms in total. The Bertz CT molecular complexity index is 349. The van der Waals surface area contributed by atoms with E-state index in [2.05, 4.69) is 37.5 Å². The second kappa shape index (κ2) is 18.8. The van der Waals surface area contributed by atoms with E-state index >= 15 is 0 Å². The maximum atomic E-state index is 10.5. The van der Waals surface area contributed by atoms with E-state index in [1.165, 1.54) is 12.8 Å². The monoisotopic (exact) mass is 320 g/mol. The molecular weight excluding hydrogens is 288 g/mol. The average molecular weight is 320 g/mol. The number of carbonyl (C=O) groups excluding carboxylic acids is 1. The summed E-state index contributed by atoms with van der Waals surface area (Å²) in [5.41, 5.74) is 0.